The molecule has 21 heteroatoms. The van der Waals surface area contributed by atoms with Gasteiger partial charge in [0.25, 0.3) is 0 Å². The van der Waals surface area contributed by atoms with Gasteiger partial charge in [0.15, 0.2) is 12.3 Å². The number of nitrogens with two attached hydrogens (primary N) is 1. The fourth-order valence-electron chi connectivity index (χ4n) is 6.87. The van der Waals surface area contributed by atoms with Crippen LogP contribution in [0.1, 0.15) is 155 Å². The lowest BCUT2D eigenvalue weighted by atomic mass is 10.1. The van der Waals surface area contributed by atoms with E-state index in [1.165, 1.54) is 31.7 Å². The number of anilines is 1. The number of ether oxygens (including phenoxy) is 3. The van der Waals surface area contributed by atoms with Gasteiger partial charge in [-0.25, -0.2) is 13.9 Å². The van der Waals surface area contributed by atoms with Crippen molar-refractivity contribution in [2.45, 2.75) is 185 Å². The molecule has 0 spiro atoms. The number of unbranched alkanes of at least 4 members (excludes halogenated alkanes) is 14. The van der Waals surface area contributed by atoms with Gasteiger partial charge in [0.05, 0.1) is 19.3 Å². The van der Waals surface area contributed by atoms with Gasteiger partial charge in [0.2, 0.25) is 0 Å². The van der Waals surface area contributed by atoms with Crippen LogP contribution >= 0.6 is 15.6 Å². The first kappa shape index (κ1) is 61.5. The summed E-state index contributed by atoms with van der Waals surface area (Å²) in [5, 5.41) is 30.8. The molecule has 0 radical (unpaired) electrons. The fraction of sp³-hybridized carbons (Fsp3) is 0.667. The molecule has 392 valence electrons. The largest absolute Gasteiger partial charge is 0.481 e. The zero-order chi connectivity index (χ0) is 50.8. The number of aromatic nitrogens is 2. The molecule has 1 aliphatic heterocycles. The molecular formula is C48H79N3O16P2. The smallest absolute Gasteiger partial charge is 0.462 e. The van der Waals surface area contributed by atoms with Crippen molar-refractivity contribution < 1.29 is 71.4 Å². The van der Waals surface area contributed by atoms with E-state index in [1.54, 1.807) is 6.08 Å². The number of phosphoric acid groups is 2. The van der Waals surface area contributed by atoms with Crippen LogP contribution in [0.4, 0.5) is 5.82 Å². The minimum Gasteiger partial charge on any atom is -0.462 e. The average Bonchev–Trinajstić information content (AvgIpc) is 3.58. The molecule has 0 saturated carbocycles. The van der Waals surface area contributed by atoms with Crippen LogP contribution in [0.2, 0.25) is 0 Å². The van der Waals surface area contributed by atoms with Crippen LogP contribution in [0, 0.1) is 0 Å². The maximum Gasteiger partial charge on any atom is 0.481 e. The van der Waals surface area contributed by atoms with Gasteiger partial charge in [-0.3, -0.25) is 23.2 Å². The summed E-state index contributed by atoms with van der Waals surface area (Å²) < 4.78 is 56.6. The second-order valence-electron chi connectivity index (χ2n) is 16.8. The molecule has 0 aliphatic carbocycles. The number of phosphoric ester groups is 2. The predicted molar refractivity (Wildman–Crippen MR) is 262 cm³/mol. The number of aliphatic hydroxyl groups is 3. The molecule has 2 heterocycles. The Balaban J connectivity index is 1.84. The first-order valence-electron chi connectivity index (χ1n) is 24.4. The van der Waals surface area contributed by atoms with Crippen molar-refractivity contribution >= 4 is 33.4 Å². The highest BCUT2D eigenvalue weighted by atomic mass is 31.3. The van der Waals surface area contributed by atoms with Crippen LogP contribution in [0.5, 0.6) is 0 Å². The molecule has 0 amide bonds. The lowest BCUT2D eigenvalue weighted by Gasteiger charge is -2.21. The van der Waals surface area contributed by atoms with Crippen molar-refractivity contribution in [2.75, 3.05) is 25.6 Å². The van der Waals surface area contributed by atoms with Gasteiger partial charge < -0.3 is 45.1 Å². The highest BCUT2D eigenvalue weighted by Crippen LogP contribution is 2.60. The Bertz CT molecular complexity index is 1910. The summed E-state index contributed by atoms with van der Waals surface area (Å²) in [7, 11) is -10.9. The number of hydrogen-bond donors (Lipinski definition) is 6. The van der Waals surface area contributed by atoms with Crippen molar-refractivity contribution in [3.05, 3.63) is 83.5 Å². The van der Waals surface area contributed by atoms with Crippen LogP contribution in [-0.4, -0.2) is 96.9 Å². The molecule has 0 aromatic carbocycles. The second kappa shape index (κ2) is 36.4. The zero-order valence-corrected chi connectivity index (χ0v) is 42.2. The fourth-order valence-corrected chi connectivity index (χ4v) is 8.98. The van der Waals surface area contributed by atoms with E-state index in [2.05, 4.69) is 40.5 Å². The minimum absolute atomic E-state index is 0.00236. The van der Waals surface area contributed by atoms with Crippen LogP contribution in [-0.2, 0) is 46.3 Å². The monoisotopic (exact) mass is 1020 g/mol. The van der Waals surface area contributed by atoms with Crippen molar-refractivity contribution in [3.8, 4) is 0 Å². The number of carbonyl (C=O) groups is 2. The first-order valence-corrected chi connectivity index (χ1v) is 27.4. The van der Waals surface area contributed by atoms with Gasteiger partial charge in [-0.2, -0.15) is 9.29 Å². The molecular weight excluding hydrogens is 936 g/mol. The maximum atomic E-state index is 12.8. The van der Waals surface area contributed by atoms with Crippen LogP contribution in [0.15, 0.2) is 77.8 Å². The third-order valence-corrected chi connectivity index (χ3v) is 13.3. The van der Waals surface area contributed by atoms with E-state index in [-0.39, 0.29) is 18.7 Å². The summed E-state index contributed by atoms with van der Waals surface area (Å²) in [5.74, 6) is -1.38. The van der Waals surface area contributed by atoms with Gasteiger partial charge in [-0.1, -0.05) is 132 Å². The number of carbonyl (C=O) groups excluding carboxylic acids is 2. The van der Waals surface area contributed by atoms with Crippen LogP contribution < -0.4 is 11.4 Å². The quantitative estimate of drug-likeness (QED) is 0.0118. The third kappa shape index (κ3) is 29.4. The lowest BCUT2D eigenvalue weighted by Crippen LogP contribution is -2.36. The molecule has 1 aromatic heterocycles. The van der Waals surface area contributed by atoms with E-state index in [0.717, 1.165) is 87.8 Å². The average molecular weight is 1020 g/mol. The standard InChI is InChI=1S/C48H79N3O16P2/c1-3-5-7-8-9-10-11-12-13-14-15-18-21-24-28-32-43(53)62-36-40(65-44(54)33-29-25-22-19-16-17-20-23-27-31-39(52)30-26-6-4-2)37-63-68(58,59)67-69(60,61)64-38-41-45(55)46(56)47(66-41)51-35-34-42(49)50-48(51)57/h6,10-13,20,23,26-27,31,34-35,39-41,45-47,52,55-56H,3-5,7-9,14-19,21-22,24-25,28-30,32-33,36-38H2,1-2H3,(H,58,59)(H,60,61)(H2,49,50,57)/b11-10-,13-12-,23-20+,26-6+,31-27+/t39?,40-,41-,45-,46-,47-/m1/s1. The van der Waals surface area contributed by atoms with E-state index >= 15 is 0 Å². The summed E-state index contributed by atoms with van der Waals surface area (Å²) in [6, 6.07) is 1.24. The highest BCUT2D eigenvalue weighted by molar-refractivity contribution is 7.61. The molecule has 1 saturated heterocycles. The number of nitrogens with zero attached hydrogens (tertiary/aromatic N) is 2. The Kier molecular flexibility index (Phi) is 32.4. The van der Waals surface area contributed by atoms with Crippen LogP contribution in [0.25, 0.3) is 0 Å². The first-order chi connectivity index (χ1) is 33.1. The number of aliphatic hydroxyl groups excluding tert-OH is 3. The van der Waals surface area contributed by atoms with E-state index in [1.807, 2.05) is 37.3 Å². The highest BCUT2D eigenvalue weighted by Gasteiger charge is 2.46. The number of esters is 2. The number of allylic oxidation sites excluding steroid dienone is 8. The number of nitrogen functional groups attached to an aromatic ring is 1. The molecule has 2 rings (SSSR count). The van der Waals surface area contributed by atoms with Crippen molar-refractivity contribution in [3.63, 3.8) is 0 Å². The molecule has 1 aliphatic rings. The lowest BCUT2D eigenvalue weighted by molar-refractivity contribution is -0.161. The SMILES string of the molecule is CC/C=C/CC(O)/C=C/C=C/CCCCCCCC(=O)O[C@H](COC(=O)CCCCCCC/C=C\C=C/CCCCCC)COP(=O)(O)OP(=O)(O)OC[C@H]1O[C@@H](n2ccc(N)nc2=O)[C@H](O)[C@@H]1O. The molecule has 3 unspecified atom stereocenters. The summed E-state index contributed by atoms with van der Waals surface area (Å²) in [4.78, 5) is 61.8. The Morgan fingerprint density at radius 2 is 1.33 bits per heavy atom. The van der Waals surface area contributed by atoms with E-state index in [0.29, 0.717) is 19.3 Å². The van der Waals surface area contributed by atoms with E-state index < -0.39 is 89.8 Å². The Labute approximate surface area is 407 Å². The summed E-state index contributed by atoms with van der Waals surface area (Å²) in [5.41, 5.74) is 4.57. The Morgan fingerprint density at radius 3 is 1.94 bits per heavy atom. The molecule has 19 nitrogen and oxygen atoms in total. The third-order valence-electron chi connectivity index (χ3n) is 10.7. The molecule has 1 fully saturated rings. The summed E-state index contributed by atoms with van der Waals surface area (Å²) >= 11 is 0. The second-order valence-corrected chi connectivity index (χ2v) is 19.9. The van der Waals surface area contributed by atoms with Crippen molar-refractivity contribution in [2.24, 2.45) is 0 Å². The Morgan fingerprint density at radius 1 is 0.768 bits per heavy atom. The minimum atomic E-state index is -5.44. The molecule has 1 aromatic rings. The maximum absolute atomic E-state index is 12.8. The van der Waals surface area contributed by atoms with E-state index in [9.17, 15) is 48.6 Å². The molecule has 0 bridgehead atoms. The van der Waals surface area contributed by atoms with Crippen molar-refractivity contribution in [1.82, 2.24) is 9.55 Å². The molecule has 8 atom stereocenters. The summed E-state index contributed by atoms with van der Waals surface area (Å²) in [6.45, 7) is 1.86. The number of hydrogen-bond acceptors (Lipinski definition) is 16. The molecule has 69 heavy (non-hydrogen) atoms. The topological polar surface area (TPSA) is 286 Å². The predicted octanol–water partition coefficient (Wildman–Crippen LogP) is 8.52. The normalized spacial score (nSPS) is 20.3. The van der Waals surface area contributed by atoms with E-state index in [4.69, 9.17) is 29.0 Å². The van der Waals surface area contributed by atoms with Crippen LogP contribution in [0.3, 0.4) is 0 Å². The zero-order valence-electron chi connectivity index (χ0n) is 40.5. The summed E-state index contributed by atoms with van der Waals surface area (Å²) in [6.07, 6.45) is 30.6. The van der Waals surface area contributed by atoms with Gasteiger partial charge in [-0.05, 0) is 70.3 Å². The van der Waals surface area contributed by atoms with Crippen molar-refractivity contribution in [1.29, 1.82) is 0 Å². The van der Waals surface area contributed by atoms with Gasteiger partial charge >= 0.3 is 33.3 Å². The van der Waals surface area contributed by atoms with Gasteiger partial charge in [0, 0.05) is 19.0 Å². The molecule has 7 N–H and O–H groups in total. The Hall–Kier alpha value is -3.58. The van der Waals surface area contributed by atoms with Gasteiger partial charge in [-0.15, -0.1) is 0 Å². The van der Waals surface area contributed by atoms with Gasteiger partial charge in [0.1, 0.15) is 30.7 Å². The number of rotatable bonds is 39.